The van der Waals surface area contributed by atoms with Gasteiger partial charge in [-0.3, -0.25) is 4.79 Å². The van der Waals surface area contributed by atoms with Crippen LogP contribution >= 0.6 is 11.6 Å². The molecule has 6 nitrogen and oxygen atoms in total. The fourth-order valence-corrected chi connectivity index (χ4v) is 2.99. The maximum absolute atomic E-state index is 11.9. The molecule has 1 amide bonds. The zero-order chi connectivity index (χ0) is 19.3. The molecule has 3 N–H and O–H groups in total. The van der Waals surface area contributed by atoms with Gasteiger partial charge in [-0.1, -0.05) is 11.6 Å². The number of aryl methyl sites for hydroxylation is 2. The van der Waals surface area contributed by atoms with E-state index >= 15 is 0 Å². The van der Waals surface area contributed by atoms with Gasteiger partial charge in [0.15, 0.2) is 0 Å². The summed E-state index contributed by atoms with van der Waals surface area (Å²) in [4.78, 5) is 11.9. The summed E-state index contributed by atoms with van der Waals surface area (Å²) in [6, 6.07) is 9.41. The van der Waals surface area contributed by atoms with Gasteiger partial charge in [0.25, 0.3) is 0 Å². The minimum atomic E-state index is -3.74. The Labute approximate surface area is 158 Å². The standard InChI is InChI=1S/C18H21ClN2O4S/c1-12-10-15(11-13(2)18(12)19)25-9-3-4-17(22)21-14-5-7-16(8-6-14)26(20,23)24/h5-8,10-11H,3-4,9H2,1-2H3,(H,21,22)(H2,20,23,24). The first-order valence-electron chi connectivity index (χ1n) is 7.99. The first kappa shape index (κ1) is 20.2. The Morgan fingerprint density at radius 3 is 2.27 bits per heavy atom. The van der Waals surface area contributed by atoms with Gasteiger partial charge in [-0.15, -0.1) is 0 Å². The maximum atomic E-state index is 11.9. The number of benzene rings is 2. The lowest BCUT2D eigenvalue weighted by atomic mass is 10.1. The largest absolute Gasteiger partial charge is 0.494 e. The second kappa shape index (κ2) is 8.53. The molecule has 0 atom stereocenters. The summed E-state index contributed by atoms with van der Waals surface area (Å²) in [5.41, 5.74) is 2.40. The number of hydrogen-bond acceptors (Lipinski definition) is 4. The molecule has 0 bridgehead atoms. The molecule has 0 saturated heterocycles. The zero-order valence-corrected chi connectivity index (χ0v) is 16.2. The highest BCUT2D eigenvalue weighted by atomic mass is 35.5. The maximum Gasteiger partial charge on any atom is 0.238 e. The number of nitrogens with two attached hydrogens (primary N) is 1. The Bertz CT molecular complexity index is 873. The van der Waals surface area contributed by atoms with Gasteiger partial charge in [-0.25, -0.2) is 13.6 Å². The number of nitrogens with one attached hydrogen (secondary N) is 1. The molecule has 8 heteroatoms. The Hall–Kier alpha value is -2.09. The molecule has 0 saturated carbocycles. The number of rotatable bonds is 7. The molecule has 0 aromatic heterocycles. The van der Waals surface area contributed by atoms with Crippen molar-refractivity contribution >= 4 is 33.2 Å². The number of halogens is 1. The van der Waals surface area contributed by atoms with Crippen molar-refractivity contribution in [2.45, 2.75) is 31.6 Å². The number of sulfonamides is 1. The van der Waals surface area contributed by atoms with E-state index in [-0.39, 0.29) is 17.2 Å². The number of anilines is 1. The Balaban J connectivity index is 1.79. The molecule has 140 valence electrons. The van der Waals surface area contributed by atoms with Gasteiger partial charge in [0.05, 0.1) is 11.5 Å². The van der Waals surface area contributed by atoms with E-state index in [9.17, 15) is 13.2 Å². The van der Waals surface area contributed by atoms with Gasteiger partial charge in [-0.05, 0) is 67.8 Å². The highest BCUT2D eigenvalue weighted by Crippen LogP contribution is 2.26. The fraction of sp³-hybridized carbons (Fsp3) is 0.278. The second-order valence-corrected chi connectivity index (χ2v) is 7.88. The van der Waals surface area contributed by atoms with Crippen LogP contribution in [0.3, 0.4) is 0 Å². The normalized spacial score (nSPS) is 11.2. The topological polar surface area (TPSA) is 98.5 Å². The Morgan fingerprint density at radius 1 is 1.15 bits per heavy atom. The summed E-state index contributed by atoms with van der Waals surface area (Å²) in [6.07, 6.45) is 0.824. The van der Waals surface area contributed by atoms with Crippen LogP contribution in [0, 0.1) is 13.8 Å². The van der Waals surface area contributed by atoms with Crippen LogP contribution in [0.4, 0.5) is 5.69 Å². The molecule has 0 radical (unpaired) electrons. The molecular formula is C18H21ClN2O4S. The molecule has 2 aromatic carbocycles. The van der Waals surface area contributed by atoms with Crippen molar-refractivity contribution in [3.05, 3.63) is 52.5 Å². The second-order valence-electron chi connectivity index (χ2n) is 5.94. The number of hydrogen-bond donors (Lipinski definition) is 2. The van der Waals surface area contributed by atoms with E-state index in [0.717, 1.165) is 21.9 Å². The van der Waals surface area contributed by atoms with Crippen LogP contribution in [0.1, 0.15) is 24.0 Å². The van der Waals surface area contributed by atoms with Crippen LogP contribution in [0.2, 0.25) is 5.02 Å². The monoisotopic (exact) mass is 396 g/mol. The summed E-state index contributed by atoms with van der Waals surface area (Å²) >= 11 is 6.12. The van der Waals surface area contributed by atoms with E-state index in [1.165, 1.54) is 24.3 Å². The quantitative estimate of drug-likeness (QED) is 0.700. The summed E-state index contributed by atoms with van der Waals surface area (Å²) in [5, 5.41) is 8.45. The van der Waals surface area contributed by atoms with Crippen molar-refractivity contribution in [1.82, 2.24) is 0 Å². The predicted molar refractivity (Wildman–Crippen MR) is 102 cm³/mol. The molecule has 0 aliphatic rings. The third-order valence-corrected chi connectivity index (χ3v) is 5.22. The van der Waals surface area contributed by atoms with Crippen molar-refractivity contribution in [2.24, 2.45) is 5.14 Å². The minimum Gasteiger partial charge on any atom is -0.494 e. The Kier molecular flexibility index (Phi) is 6.63. The molecule has 0 spiro atoms. The van der Waals surface area contributed by atoms with Gasteiger partial charge < -0.3 is 10.1 Å². The number of amides is 1. The van der Waals surface area contributed by atoms with E-state index in [2.05, 4.69) is 5.32 Å². The summed E-state index contributed by atoms with van der Waals surface area (Å²) < 4.78 is 28.0. The van der Waals surface area contributed by atoms with Gasteiger partial charge in [-0.2, -0.15) is 0 Å². The van der Waals surface area contributed by atoms with Crippen molar-refractivity contribution in [1.29, 1.82) is 0 Å². The van der Waals surface area contributed by atoms with Gasteiger partial charge in [0, 0.05) is 17.1 Å². The van der Waals surface area contributed by atoms with E-state index in [0.29, 0.717) is 18.7 Å². The van der Waals surface area contributed by atoms with Crippen LogP contribution in [0.25, 0.3) is 0 Å². The van der Waals surface area contributed by atoms with Gasteiger partial charge in [0.2, 0.25) is 15.9 Å². The van der Waals surface area contributed by atoms with Crippen LogP contribution in [0.5, 0.6) is 5.75 Å². The SMILES string of the molecule is Cc1cc(OCCCC(=O)Nc2ccc(S(N)(=O)=O)cc2)cc(C)c1Cl. The lowest BCUT2D eigenvalue weighted by molar-refractivity contribution is -0.116. The highest BCUT2D eigenvalue weighted by Gasteiger charge is 2.08. The zero-order valence-electron chi connectivity index (χ0n) is 14.6. The lowest BCUT2D eigenvalue weighted by Crippen LogP contribution is -2.14. The van der Waals surface area contributed by atoms with E-state index in [4.69, 9.17) is 21.5 Å². The third kappa shape index (κ3) is 5.72. The number of carbonyl (C=O) groups is 1. The molecule has 2 aromatic rings. The molecular weight excluding hydrogens is 376 g/mol. The van der Waals surface area contributed by atoms with Crippen LogP contribution < -0.4 is 15.2 Å². The smallest absolute Gasteiger partial charge is 0.238 e. The molecule has 2 rings (SSSR count). The first-order chi connectivity index (χ1) is 12.2. The summed E-state index contributed by atoms with van der Waals surface area (Å²) in [7, 11) is -3.74. The van der Waals surface area contributed by atoms with Gasteiger partial charge >= 0.3 is 0 Å². The van der Waals surface area contributed by atoms with Gasteiger partial charge in [0.1, 0.15) is 5.75 Å². The average molecular weight is 397 g/mol. The molecule has 0 aliphatic carbocycles. The average Bonchev–Trinajstić information content (AvgIpc) is 2.56. The van der Waals surface area contributed by atoms with Crippen molar-refractivity contribution in [2.75, 3.05) is 11.9 Å². The van der Waals surface area contributed by atoms with Crippen molar-refractivity contribution in [3.8, 4) is 5.75 Å². The summed E-state index contributed by atoms with van der Waals surface area (Å²) in [6.45, 7) is 4.23. The lowest BCUT2D eigenvalue weighted by Gasteiger charge is -2.10. The number of ether oxygens (including phenoxy) is 1. The van der Waals surface area contributed by atoms with Crippen LogP contribution in [-0.2, 0) is 14.8 Å². The number of primary sulfonamides is 1. The van der Waals surface area contributed by atoms with Crippen LogP contribution in [-0.4, -0.2) is 20.9 Å². The van der Waals surface area contributed by atoms with E-state index in [1.54, 1.807) is 0 Å². The molecule has 26 heavy (non-hydrogen) atoms. The fourth-order valence-electron chi connectivity index (χ4n) is 2.36. The van der Waals surface area contributed by atoms with Crippen molar-refractivity contribution in [3.63, 3.8) is 0 Å². The Morgan fingerprint density at radius 2 is 1.73 bits per heavy atom. The molecule has 0 unspecified atom stereocenters. The predicted octanol–water partition coefficient (Wildman–Crippen LogP) is 3.40. The minimum absolute atomic E-state index is 0.00236. The summed E-state index contributed by atoms with van der Waals surface area (Å²) in [5.74, 6) is 0.545. The first-order valence-corrected chi connectivity index (χ1v) is 9.91. The van der Waals surface area contributed by atoms with Crippen LogP contribution in [0.15, 0.2) is 41.3 Å². The molecule has 0 fully saturated rings. The highest BCUT2D eigenvalue weighted by molar-refractivity contribution is 7.89. The molecule has 0 heterocycles. The third-order valence-electron chi connectivity index (χ3n) is 3.69. The van der Waals surface area contributed by atoms with E-state index in [1.807, 2.05) is 26.0 Å². The van der Waals surface area contributed by atoms with E-state index < -0.39 is 10.0 Å². The number of carbonyl (C=O) groups excluding carboxylic acids is 1. The van der Waals surface area contributed by atoms with Crippen molar-refractivity contribution < 1.29 is 17.9 Å². The molecule has 0 aliphatic heterocycles.